The van der Waals surface area contributed by atoms with Gasteiger partial charge in [-0.1, -0.05) is 0 Å². The van der Waals surface area contributed by atoms with Gasteiger partial charge in [-0.15, -0.1) is 0 Å². The van der Waals surface area contributed by atoms with Crippen molar-refractivity contribution in [2.75, 3.05) is 7.11 Å². The first-order valence-electron chi connectivity index (χ1n) is 3.11. The van der Waals surface area contributed by atoms with Crippen LogP contribution in [0.5, 0.6) is 5.88 Å². The van der Waals surface area contributed by atoms with Crippen molar-refractivity contribution in [1.82, 2.24) is 4.98 Å². The van der Waals surface area contributed by atoms with Gasteiger partial charge in [0.25, 0.3) is 0 Å². The lowest BCUT2D eigenvalue weighted by atomic mass is 10.5. The van der Waals surface area contributed by atoms with Crippen molar-refractivity contribution in [2.45, 2.75) is 0 Å². The summed E-state index contributed by atoms with van der Waals surface area (Å²) < 4.78 is 16.8. The first-order chi connectivity index (χ1) is 5.74. The summed E-state index contributed by atoms with van der Waals surface area (Å²) in [4.78, 5) is 3.60. The van der Waals surface area contributed by atoms with Gasteiger partial charge in [0.05, 0.1) is 13.3 Å². The quantitative estimate of drug-likeness (QED) is 0.560. The predicted molar refractivity (Wildman–Crippen MR) is 42.3 cm³/mol. The Labute approximate surface area is 69.9 Å². The van der Waals surface area contributed by atoms with E-state index in [2.05, 4.69) is 4.98 Å². The smallest absolute Gasteiger partial charge is 0.432 e. The Morgan fingerprint density at radius 3 is 2.42 bits per heavy atom. The second-order valence-corrected chi connectivity index (χ2v) is 1.66. The number of methoxy groups -OCH3 is 1. The van der Waals surface area contributed by atoms with E-state index < -0.39 is 7.69 Å². The molecule has 0 bridgehead atoms. The van der Waals surface area contributed by atoms with Gasteiger partial charge in [0.1, 0.15) is 5.82 Å². The zero-order valence-corrected chi connectivity index (χ0v) is 6.57. The van der Waals surface area contributed by atoms with Crippen LogP contribution < -0.4 is 4.74 Å². The van der Waals surface area contributed by atoms with Gasteiger partial charge in [-0.3, -0.25) is 0 Å². The zero-order chi connectivity index (χ0) is 9.40. The molecule has 0 aliphatic carbocycles. The van der Waals surface area contributed by atoms with Gasteiger partial charge in [-0.05, 0) is 6.07 Å². The van der Waals surface area contributed by atoms with E-state index >= 15 is 0 Å². The fraction of sp³-hybridized carbons (Fsp3) is 0.167. The first-order valence-corrected chi connectivity index (χ1v) is 3.11. The molecule has 0 aliphatic rings. The van der Waals surface area contributed by atoms with Crippen LogP contribution in [0.4, 0.5) is 4.39 Å². The Morgan fingerprint density at radius 2 is 2.08 bits per heavy atom. The van der Waals surface area contributed by atoms with Crippen molar-refractivity contribution >= 4 is 7.69 Å². The topological polar surface area (TPSA) is 62.6 Å². The van der Waals surface area contributed by atoms with E-state index in [4.69, 9.17) is 14.8 Å². The van der Waals surface area contributed by atoms with E-state index in [0.29, 0.717) is 5.88 Å². The largest absolute Gasteiger partial charge is 0.481 e. The molecule has 0 spiro atoms. The molecule has 0 atom stereocenters. The number of aromatic nitrogens is 1. The summed E-state index contributed by atoms with van der Waals surface area (Å²) in [5.41, 5.74) is 0. The van der Waals surface area contributed by atoms with Crippen LogP contribution in [-0.2, 0) is 0 Å². The number of pyridine rings is 1. The van der Waals surface area contributed by atoms with Gasteiger partial charge in [0.15, 0.2) is 0 Å². The van der Waals surface area contributed by atoms with Crippen molar-refractivity contribution < 1.29 is 19.2 Å². The van der Waals surface area contributed by atoms with Crippen LogP contribution in [0, 0.1) is 5.82 Å². The van der Waals surface area contributed by atoms with Crippen molar-refractivity contribution in [3.05, 3.63) is 24.1 Å². The lowest BCUT2D eigenvalue weighted by Crippen LogP contribution is -1.86. The van der Waals surface area contributed by atoms with E-state index in [1.807, 2.05) is 0 Å². The minimum absolute atomic E-state index is 0.351. The highest BCUT2D eigenvalue weighted by Crippen LogP contribution is 2.03. The Morgan fingerprint density at radius 1 is 1.50 bits per heavy atom. The van der Waals surface area contributed by atoms with E-state index in [9.17, 15) is 4.39 Å². The molecule has 0 saturated heterocycles. The Balaban J connectivity index is 0.000000354. The Bertz CT molecular complexity index is 206. The van der Waals surface area contributed by atoms with Gasteiger partial charge in [0.2, 0.25) is 5.88 Å². The van der Waals surface area contributed by atoms with Gasteiger partial charge in [0, 0.05) is 6.07 Å². The van der Waals surface area contributed by atoms with Crippen LogP contribution in [0.3, 0.4) is 0 Å². The number of halogens is 1. The minimum atomic E-state index is -0.750. The maximum Gasteiger partial charge on any atom is 0.432 e. The summed E-state index contributed by atoms with van der Waals surface area (Å²) in [6.45, 7) is 0. The average molecular weight is 173 g/mol. The van der Waals surface area contributed by atoms with E-state index in [-0.39, 0.29) is 5.82 Å². The highest BCUT2D eigenvalue weighted by Gasteiger charge is 1.90. The molecule has 1 rings (SSSR count). The van der Waals surface area contributed by atoms with Crippen LogP contribution in [0.25, 0.3) is 0 Å². The third kappa shape index (κ3) is 4.65. The molecule has 4 nitrogen and oxygen atoms in total. The molecule has 0 unspecified atom stereocenters. The summed E-state index contributed by atoms with van der Waals surface area (Å²) in [5.74, 6) is 0.0761. The Kier molecular flexibility index (Phi) is 5.95. The molecule has 0 aliphatic heterocycles. The fourth-order valence-electron chi connectivity index (χ4n) is 0.483. The molecule has 0 fully saturated rings. The van der Waals surface area contributed by atoms with E-state index in [1.165, 1.54) is 19.2 Å². The molecule has 66 valence electrons. The lowest BCUT2D eigenvalue weighted by Gasteiger charge is -1.94. The number of nitrogens with zero attached hydrogens (tertiary/aromatic N) is 1. The molecule has 0 radical (unpaired) electrons. The fourth-order valence-corrected chi connectivity index (χ4v) is 0.483. The molecule has 12 heavy (non-hydrogen) atoms. The zero-order valence-electron chi connectivity index (χ0n) is 6.57. The highest BCUT2D eigenvalue weighted by atomic mass is 19.1. The second kappa shape index (κ2) is 6.57. The molecule has 1 aromatic heterocycles. The van der Waals surface area contributed by atoms with Gasteiger partial charge in [-0.2, -0.15) is 0 Å². The summed E-state index contributed by atoms with van der Waals surface area (Å²) in [6.07, 6.45) is 1.11. The maximum atomic E-state index is 12.1. The van der Waals surface area contributed by atoms with Crippen LogP contribution >= 0.6 is 0 Å². The SMILES string of the molecule is COc1ccc(F)cn1.OBO. The molecule has 6 heteroatoms. The number of hydrogen-bond donors (Lipinski definition) is 2. The molecule has 1 heterocycles. The lowest BCUT2D eigenvalue weighted by molar-refractivity contribution is 0.396. The Hall–Kier alpha value is -1.14. The first kappa shape index (κ1) is 10.9. The standard InChI is InChI=1S/C6H6FNO.BH3O2/c1-9-6-3-2-5(7)4-8-6;2-1-3/h2-4H,1H3;1-3H. The second-order valence-electron chi connectivity index (χ2n) is 1.66. The van der Waals surface area contributed by atoms with Gasteiger partial charge < -0.3 is 14.8 Å². The predicted octanol–water partition coefficient (Wildman–Crippen LogP) is -0.533. The number of rotatable bonds is 1. The monoisotopic (exact) mass is 173 g/mol. The molecule has 1 aromatic rings. The maximum absolute atomic E-state index is 12.1. The third-order valence-electron chi connectivity index (χ3n) is 0.909. The summed E-state index contributed by atoms with van der Waals surface area (Å²) >= 11 is 0. The van der Waals surface area contributed by atoms with Gasteiger partial charge in [-0.25, -0.2) is 9.37 Å². The molecule has 0 aromatic carbocycles. The normalized spacial score (nSPS) is 8.00. The highest BCUT2D eigenvalue weighted by molar-refractivity contribution is 6.13. The van der Waals surface area contributed by atoms with Crippen molar-refractivity contribution in [2.24, 2.45) is 0 Å². The average Bonchev–Trinajstić information content (AvgIpc) is 2.07. The third-order valence-corrected chi connectivity index (χ3v) is 0.909. The van der Waals surface area contributed by atoms with E-state index in [0.717, 1.165) is 6.20 Å². The summed E-state index contributed by atoms with van der Waals surface area (Å²) in [5, 5.41) is 14.2. The van der Waals surface area contributed by atoms with Gasteiger partial charge >= 0.3 is 7.69 Å². The molecule has 2 N–H and O–H groups in total. The molecule has 0 saturated carbocycles. The number of ether oxygens (including phenoxy) is 1. The summed E-state index contributed by atoms with van der Waals surface area (Å²) in [6, 6.07) is 2.77. The van der Waals surface area contributed by atoms with Crippen LogP contribution in [0.15, 0.2) is 18.3 Å². The molecular formula is C6H9BFNO3. The van der Waals surface area contributed by atoms with Crippen molar-refractivity contribution in [1.29, 1.82) is 0 Å². The van der Waals surface area contributed by atoms with Crippen LogP contribution in [0.2, 0.25) is 0 Å². The van der Waals surface area contributed by atoms with Crippen molar-refractivity contribution in [3.63, 3.8) is 0 Å². The van der Waals surface area contributed by atoms with Crippen LogP contribution in [0.1, 0.15) is 0 Å². The van der Waals surface area contributed by atoms with E-state index in [1.54, 1.807) is 0 Å². The summed E-state index contributed by atoms with van der Waals surface area (Å²) in [7, 11) is 0.736. The molecule has 0 amide bonds. The minimum Gasteiger partial charge on any atom is -0.481 e. The van der Waals surface area contributed by atoms with Crippen LogP contribution in [-0.4, -0.2) is 29.8 Å². The number of hydrogen-bond acceptors (Lipinski definition) is 4. The van der Waals surface area contributed by atoms with Crippen molar-refractivity contribution in [3.8, 4) is 5.88 Å². The molecular weight excluding hydrogens is 164 g/mol.